The highest BCUT2D eigenvalue weighted by atomic mass is 14.9. The van der Waals surface area contributed by atoms with Gasteiger partial charge in [0.25, 0.3) is 0 Å². The van der Waals surface area contributed by atoms with Crippen LogP contribution in [-0.2, 0) is 6.54 Å². The largest absolute Gasteiger partial charge is 0.306 e. The first-order valence-corrected chi connectivity index (χ1v) is 5.38. The minimum absolute atomic E-state index is 0.307. The molecule has 0 radical (unpaired) electrons. The molecule has 0 aliphatic rings. The minimum atomic E-state index is 0.307. The monoisotopic (exact) mass is 213 g/mol. The van der Waals surface area contributed by atoms with Crippen molar-refractivity contribution in [1.82, 2.24) is 15.3 Å². The second-order valence-electron chi connectivity index (χ2n) is 3.74. The Morgan fingerprint density at radius 1 is 1.12 bits per heavy atom. The van der Waals surface area contributed by atoms with Gasteiger partial charge in [-0.15, -0.1) is 0 Å². The van der Waals surface area contributed by atoms with Gasteiger partial charge in [-0.1, -0.05) is 6.07 Å². The van der Waals surface area contributed by atoms with Gasteiger partial charge >= 0.3 is 0 Å². The number of rotatable bonds is 4. The van der Waals surface area contributed by atoms with Crippen molar-refractivity contribution >= 4 is 0 Å². The average Bonchev–Trinajstić information content (AvgIpc) is 2.38. The van der Waals surface area contributed by atoms with Gasteiger partial charge in [0.05, 0.1) is 0 Å². The molecular formula is C13H15N3. The molecular weight excluding hydrogens is 198 g/mol. The number of aromatic nitrogens is 2. The molecule has 0 saturated heterocycles. The summed E-state index contributed by atoms with van der Waals surface area (Å²) < 4.78 is 0. The Bertz CT molecular complexity index is 414. The van der Waals surface area contributed by atoms with E-state index in [1.165, 1.54) is 11.1 Å². The number of nitrogens with zero attached hydrogens (tertiary/aromatic N) is 2. The summed E-state index contributed by atoms with van der Waals surface area (Å²) in [6, 6.07) is 8.38. The van der Waals surface area contributed by atoms with Crippen molar-refractivity contribution < 1.29 is 0 Å². The molecule has 0 aromatic carbocycles. The molecule has 2 heterocycles. The Hall–Kier alpha value is -1.74. The molecule has 0 unspecified atom stereocenters. The molecule has 0 spiro atoms. The van der Waals surface area contributed by atoms with Gasteiger partial charge < -0.3 is 5.32 Å². The van der Waals surface area contributed by atoms with Crippen molar-refractivity contribution in [3.8, 4) is 0 Å². The maximum atomic E-state index is 4.11. The molecule has 0 aliphatic carbocycles. The molecule has 3 heteroatoms. The number of pyridine rings is 2. The van der Waals surface area contributed by atoms with E-state index in [0.717, 1.165) is 6.54 Å². The average molecular weight is 213 g/mol. The van der Waals surface area contributed by atoms with Crippen molar-refractivity contribution in [3.05, 3.63) is 60.2 Å². The van der Waals surface area contributed by atoms with Crippen molar-refractivity contribution in [3.63, 3.8) is 0 Å². The van der Waals surface area contributed by atoms with E-state index in [-0.39, 0.29) is 0 Å². The van der Waals surface area contributed by atoms with Crippen molar-refractivity contribution in [2.45, 2.75) is 19.5 Å². The molecule has 0 bridgehead atoms. The first-order chi connectivity index (χ1) is 7.86. The van der Waals surface area contributed by atoms with Crippen molar-refractivity contribution in [2.24, 2.45) is 0 Å². The highest BCUT2D eigenvalue weighted by Crippen LogP contribution is 2.10. The van der Waals surface area contributed by atoms with Crippen LogP contribution in [0.2, 0.25) is 0 Å². The van der Waals surface area contributed by atoms with Gasteiger partial charge in [-0.05, 0) is 36.2 Å². The molecule has 2 aromatic rings. The van der Waals surface area contributed by atoms with Gasteiger partial charge in [0.1, 0.15) is 0 Å². The quantitative estimate of drug-likeness (QED) is 0.847. The van der Waals surface area contributed by atoms with Gasteiger partial charge in [0.15, 0.2) is 0 Å². The summed E-state index contributed by atoms with van der Waals surface area (Å²) >= 11 is 0. The van der Waals surface area contributed by atoms with E-state index in [1.54, 1.807) is 6.20 Å². The number of hydrogen-bond donors (Lipinski definition) is 1. The molecule has 3 nitrogen and oxygen atoms in total. The predicted octanol–water partition coefficient (Wildman–Crippen LogP) is 2.33. The van der Waals surface area contributed by atoms with E-state index in [9.17, 15) is 0 Å². The van der Waals surface area contributed by atoms with Crippen LogP contribution >= 0.6 is 0 Å². The molecule has 2 aromatic heterocycles. The summed E-state index contributed by atoms with van der Waals surface area (Å²) in [5.74, 6) is 0. The Morgan fingerprint density at radius 2 is 1.94 bits per heavy atom. The molecule has 82 valence electrons. The summed E-state index contributed by atoms with van der Waals surface area (Å²) in [7, 11) is 0. The second kappa shape index (κ2) is 5.37. The fourth-order valence-corrected chi connectivity index (χ4v) is 1.52. The van der Waals surface area contributed by atoms with Crippen LogP contribution in [0.25, 0.3) is 0 Å². The first-order valence-electron chi connectivity index (χ1n) is 5.38. The molecule has 1 atom stereocenters. The van der Waals surface area contributed by atoms with Gasteiger partial charge in [-0.25, -0.2) is 0 Å². The van der Waals surface area contributed by atoms with Crippen LogP contribution in [0.1, 0.15) is 24.1 Å². The molecule has 0 amide bonds. The van der Waals surface area contributed by atoms with Crippen LogP contribution in [0.5, 0.6) is 0 Å². The standard InChI is InChI=1S/C13H15N3/c1-11(13-3-2-6-15-10-13)16-9-12-4-7-14-8-5-12/h2-8,10-11,16H,9H2,1H3/t11-/m1/s1. The van der Waals surface area contributed by atoms with E-state index in [0.29, 0.717) is 6.04 Å². The third-order valence-corrected chi connectivity index (χ3v) is 2.55. The number of hydrogen-bond acceptors (Lipinski definition) is 3. The topological polar surface area (TPSA) is 37.8 Å². The van der Waals surface area contributed by atoms with E-state index < -0.39 is 0 Å². The lowest BCUT2D eigenvalue weighted by molar-refractivity contribution is 0.573. The maximum Gasteiger partial charge on any atom is 0.0315 e. The van der Waals surface area contributed by atoms with Crippen LogP contribution in [-0.4, -0.2) is 9.97 Å². The van der Waals surface area contributed by atoms with E-state index in [2.05, 4.69) is 28.3 Å². The van der Waals surface area contributed by atoms with Gasteiger partial charge in [0, 0.05) is 37.4 Å². The third kappa shape index (κ3) is 2.87. The normalized spacial score (nSPS) is 12.3. The highest BCUT2D eigenvalue weighted by Gasteiger charge is 2.03. The van der Waals surface area contributed by atoms with Gasteiger partial charge in [-0.2, -0.15) is 0 Å². The smallest absolute Gasteiger partial charge is 0.0315 e. The van der Waals surface area contributed by atoms with Crippen molar-refractivity contribution in [2.75, 3.05) is 0 Å². The third-order valence-electron chi connectivity index (χ3n) is 2.55. The highest BCUT2D eigenvalue weighted by molar-refractivity contribution is 5.14. The van der Waals surface area contributed by atoms with E-state index in [4.69, 9.17) is 0 Å². The molecule has 2 rings (SSSR count). The molecule has 0 saturated carbocycles. The van der Waals surface area contributed by atoms with Crippen molar-refractivity contribution in [1.29, 1.82) is 0 Å². The lowest BCUT2D eigenvalue weighted by Crippen LogP contribution is -2.18. The molecule has 1 N–H and O–H groups in total. The van der Waals surface area contributed by atoms with Crippen LogP contribution in [0, 0.1) is 0 Å². The Morgan fingerprint density at radius 3 is 2.62 bits per heavy atom. The van der Waals surface area contributed by atoms with Crippen LogP contribution in [0.15, 0.2) is 49.1 Å². The minimum Gasteiger partial charge on any atom is -0.306 e. The lowest BCUT2D eigenvalue weighted by Gasteiger charge is -2.13. The zero-order valence-electron chi connectivity index (χ0n) is 9.30. The summed E-state index contributed by atoms with van der Waals surface area (Å²) in [6.07, 6.45) is 7.31. The lowest BCUT2D eigenvalue weighted by atomic mass is 10.1. The summed E-state index contributed by atoms with van der Waals surface area (Å²) in [5, 5.41) is 3.45. The van der Waals surface area contributed by atoms with Gasteiger partial charge in [0.2, 0.25) is 0 Å². The summed E-state index contributed by atoms with van der Waals surface area (Å²) in [6.45, 7) is 2.98. The zero-order chi connectivity index (χ0) is 11.2. The second-order valence-corrected chi connectivity index (χ2v) is 3.74. The number of nitrogens with one attached hydrogen (secondary N) is 1. The van der Waals surface area contributed by atoms with Crippen LogP contribution in [0.3, 0.4) is 0 Å². The first kappa shape index (κ1) is 10.8. The summed E-state index contributed by atoms with van der Waals surface area (Å²) in [5.41, 5.74) is 2.45. The van der Waals surface area contributed by atoms with Gasteiger partial charge in [-0.3, -0.25) is 9.97 Å². The maximum absolute atomic E-state index is 4.11. The van der Waals surface area contributed by atoms with Crippen LogP contribution in [0.4, 0.5) is 0 Å². The fraction of sp³-hybridized carbons (Fsp3) is 0.231. The Balaban J connectivity index is 1.92. The zero-order valence-corrected chi connectivity index (χ0v) is 9.30. The Kier molecular flexibility index (Phi) is 3.62. The fourth-order valence-electron chi connectivity index (χ4n) is 1.52. The molecule has 16 heavy (non-hydrogen) atoms. The Labute approximate surface area is 95.6 Å². The predicted molar refractivity (Wildman–Crippen MR) is 63.7 cm³/mol. The van der Waals surface area contributed by atoms with Crippen LogP contribution < -0.4 is 5.32 Å². The van der Waals surface area contributed by atoms with E-state index >= 15 is 0 Å². The SMILES string of the molecule is C[C@@H](NCc1ccncc1)c1cccnc1. The molecule has 0 fully saturated rings. The summed E-state index contributed by atoms with van der Waals surface area (Å²) in [4.78, 5) is 8.10. The molecule has 0 aliphatic heterocycles. The van der Waals surface area contributed by atoms with E-state index in [1.807, 2.05) is 36.8 Å².